The summed E-state index contributed by atoms with van der Waals surface area (Å²) in [5.41, 5.74) is 7.43. The number of para-hydroxylation sites is 2. The van der Waals surface area contributed by atoms with Crippen LogP contribution in [-0.4, -0.2) is 34.1 Å². The molecule has 1 saturated heterocycles. The number of aromatic amines is 1. The highest BCUT2D eigenvalue weighted by atomic mass is 16.1. The van der Waals surface area contributed by atoms with Gasteiger partial charge in [0.2, 0.25) is 0 Å². The van der Waals surface area contributed by atoms with E-state index in [0.29, 0.717) is 5.92 Å². The van der Waals surface area contributed by atoms with Crippen LogP contribution in [0.3, 0.4) is 0 Å². The van der Waals surface area contributed by atoms with Gasteiger partial charge in [0.1, 0.15) is 0 Å². The molecule has 4 heteroatoms. The number of hydrogen-bond donors (Lipinski definition) is 1. The SMILES string of the molecule is Cc1ccc(C(CCCN2CCC(n3c(=O)[nH]c4ccccc43)CC2)c2ccc(C)cc2)cc1. The van der Waals surface area contributed by atoms with Gasteiger partial charge in [-0.2, -0.15) is 0 Å². The monoisotopic (exact) mass is 453 g/mol. The number of nitrogens with zero attached hydrogens (tertiary/aromatic N) is 2. The van der Waals surface area contributed by atoms with Gasteiger partial charge < -0.3 is 9.88 Å². The van der Waals surface area contributed by atoms with Gasteiger partial charge >= 0.3 is 5.69 Å². The number of H-pyrrole nitrogens is 1. The molecule has 0 amide bonds. The Bertz CT molecular complexity index is 1230. The van der Waals surface area contributed by atoms with Crippen molar-refractivity contribution in [2.45, 2.75) is 51.5 Å². The molecule has 3 aromatic carbocycles. The fourth-order valence-corrected chi connectivity index (χ4v) is 5.48. The normalized spacial score (nSPS) is 15.4. The molecule has 0 unspecified atom stereocenters. The van der Waals surface area contributed by atoms with Crippen molar-refractivity contribution >= 4 is 11.0 Å². The largest absolute Gasteiger partial charge is 0.326 e. The third-order valence-electron chi connectivity index (χ3n) is 7.47. The lowest BCUT2D eigenvalue weighted by Crippen LogP contribution is -2.37. The summed E-state index contributed by atoms with van der Waals surface area (Å²) in [5, 5.41) is 0. The zero-order chi connectivity index (χ0) is 23.5. The van der Waals surface area contributed by atoms with Gasteiger partial charge in [-0.3, -0.25) is 4.57 Å². The van der Waals surface area contributed by atoms with E-state index in [1.165, 1.54) is 28.7 Å². The molecule has 176 valence electrons. The fraction of sp³-hybridized carbons (Fsp3) is 0.367. The van der Waals surface area contributed by atoms with Crippen LogP contribution < -0.4 is 5.69 Å². The van der Waals surface area contributed by atoms with E-state index >= 15 is 0 Å². The van der Waals surface area contributed by atoms with E-state index in [0.717, 1.165) is 49.9 Å². The Morgan fingerprint density at radius 1 is 0.853 bits per heavy atom. The van der Waals surface area contributed by atoms with Crippen molar-refractivity contribution in [3.05, 3.63) is 106 Å². The number of imidazole rings is 1. The van der Waals surface area contributed by atoms with Crippen LogP contribution in [0.1, 0.15) is 59.9 Å². The number of benzene rings is 3. The first-order valence-corrected chi connectivity index (χ1v) is 12.6. The maximum absolute atomic E-state index is 12.6. The summed E-state index contributed by atoms with van der Waals surface area (Å²) in [6, 6.07) is 26.4. The highest BCUT2D eigenvalue weighted by Crippen LogP contribution is 2.31. The molecule has 1 aliphatic rings. The van der Waals surface area contributed by atoms with Crippen LogP contribution >= 0.6 is 0 Å². The first kappa shape index (κ1) is 22.7. The minimum absolute atomic E-state index is 0.0266. The van der Waals surface area contributed by atoms with E-state index in [4.69, 9.17) is 0 Å². The Labute approximate surface area is 202 Å². The number of rotatable bonds is 7. The Kier molecular flexibility index (Phi) is 6.68. The van der Waals surface area contributed by atoms with Gasteiger partial charge in [0, 0.05) is 25.0 Å². The van der Waals surface area contributed by atoms with Gasteiger partial charge in [-0.15, -0.1) is 0 Å². The standard InChI is InChI=1S/C30H35N3O/c1-22-9-13-24(14-10-22)27(25-15-11-23(2)12-16-25)6-5-19-32-20-17-26(18-21-32)33-29-8-4-3-7-28(29)31-30(33)34/h3-4,7-16,26-27H,5-6,17-21H2,1-2H3,(H,31,34). The minimum atomic E-state index is 0.0266. The van der Waals surface area contributed by atoms with E-state index in [1.807, 2.05) is 22.8 Å². The van der Waals surface area contributed by atoms with Crippen LogP contribution in [0.15, 0.2) is 77.6 Å². The van der Waals surface area contributed by atoms with Crippen molar-refractivity contribution < 1.29 is 0 Å². The Balaban J connectivity index is 1.21. The molecule has 1 fully saturated rings. The van der Waals surface area contributed by atoms with Crippen LogP contribution in [0.4, 0.5) is 0 Å². The third-order valence-corrected chi connectivity index (χ3v) is 7.47. The average molecular weight is 454 g/mol. The molecule has 5 rings (SSSR count). The molecule has 4 aromatic rings. The second-order valence-electron chi connectivity index (χ2n) is 9.91. The second kappa shape index (κ2) is 10.0. The molecule has 4 nitrogen and oxygen atoms in total. The maximum Gasteiger partial charge on any atom is 0.326 e. The first-order valence-electron chi connectivity index (χ1n) is 12.6. The van der Waals surface area contributed by atoms with E-state index in [2.05, 4.69) is 78.3 Å². The van der Waals surface area contributed by atoms with Crippen molar-refractivity contribution in [1.29, 1.82) is 0 Å². The van der Waals surface area contributed by atoms with Crippen molar-refractivity contribution in [2.24, 2.45) is 0 Å². The predicted octanol–water partition coefficient (Wildman–Crippen LogP) is 6.20. The Morgan fingerprint density at radius 3 is 2.06 bits per heavy atom. The number of likely N-dealkylation sites (tertiary alicyclic amines) is 1. The van der Waals surface area contributed by atoms with E-state index in [-0.39, 0.29) is 11.7 Å². The lowest BCUT2D eigenvalue weighted by Gasteiger charge is -2.33. The quantitative estimate of drug-likeness (QED) is 0.362. The molecule has 0 bridgehead atoms. The molecular weight excluding hydrogens is 418 g/mol. The van der Waals surface area contributed by atoms with Crippen LogP contribution in [-0.2, 0) is 0 Å². The topological polar surface area (TPSA) is 41.0 Å². The van der Waals surface area contributed by atoms with Crippen molar-refractivity contribution in [3.8, 4) is 0 Å². The fourth-order valence-electron chi connectivity index (χ4n) is 5.48. The van der Waals surface area contributed by atoms with E-state index in [9.17, 15) is 4.79 Å². The number of piperidine rings is 1. The summed E-state index contributed by atoms with van der Waals surface area (Å²) >= 11 is 0. The predicted molar refractivity (Wildman–Crippen MR) is 141 cm³/mol. The van der Waals surface area contributed by atoms with Gasteiger partial charge in [-0.1, -0.05) is 71.8 Å². The molecule has 0 aliphatic carbocycles. The Hall–Kier alpha value is -3.11. The molecule has 0 radical (unpaired) electrons. The molecule has 1 N–H and O–H groups in total. The molecular formula is C30H35N3O. The zero-order valence-corrected chi connectivity index (χ0v) is 20.3. The summed E-state index contributed by atoms with van der Waals surface area (Å²) in [4.78, 5) is 18.2. The molecule has 2 heterocycles. The molecule has 34 heavy (non-hydrogen) atoms. The zero-order valence-electron chi connectivity index (χ0n) is 20.3. The molecule has 1 aliphatic heterocycles. The van der Waals surface area contributed by atoms with Gasteiger partial charge in [-0.25, -0.2) is 4.79 Å². The lowest BCUT2D eigenvalue weighted by atomic mass is 9.86. The summed E-state index contributed by atoms with van der Waals surface area (Å²) < 4.78 is 1.98. The summed E-state index contributed by atoms with van der Waals surface area (Å²) in [7, 11) is 0. The van der Waals surface area contributed by atoms with Crippen molar-refractivity contribution in [3.63, 3.8) is 0 Å². The first-order chi connectivity index (χ1) is 16.6. The molecule has 0 saturated carbocycles. The molecule has 0 spiro atoms. The number of hydrogen-bond acceptors (Lipinski definition) is 2. The minimum Gasteiger partial charge on any atom is -0.306 e. The van der Waals surface area contributed by atoms with Crippen molar-refractivity contribution in [2.75, 3.05) is 19.6 Å². The number of fused-ring (bicyclic) bond motifs is 1. The molecule has 0 atom stereocenters. The summed E-state index contributed by atoms with van der Waals surface area (Å²) in [6.45, 7) is 7.52. The second-order valence-corrected chi connectivity index (χ2v) is 9.91. The Morgan fingerprint density at radius 2 is 1.44 bits per heavy atom. The summed E-state index contributed by atoms with van der Waals surface area (Å²) in [6.07, 6.45) is 4.38. The summed E-state index contributed by atoms with van der Waals surface area (Å²) in [5.74, 6) is 0.434. The van der Waals surface area contributed by atoms with Gasteiger partial charge in [0.25, 0.3) is 0 Å². The van der Waals surface area contributed by atoms with Gasteiger partial charge in [0.05, 0.1) is 11.0 Å². The van der Waals surface area contributed by atoms with Crippen LogP contribution in [0, 0.1) is 13.8 Å². The number of aryl methyl sites for hydroxylation is 2. The van der Waals surface area contributed by atoms with E-state index in [1.54, 1.807) is 0 Å². The number of nitrogens with one attached hydrogen (secondary N) is 1. The third kappa shape index (κ3) is 4.88. The lowest BCUT2D eigenvalue weighted by molar-refractivity contribution is 0.183. The maximum atomic E-state index is 12.6. The molecule has 1 aromatic heterocycles. The van der Waals surface area contributed by atoms with Gasteiger partial charge in [0.15, 0.2) is 0 Å². The van der Waals surface area contributed by atoms with Crippen molar-refractivity contribution in [1.82, 2.24) is 14.5 Å². The van der Waals surface area contributed by atoms with Crippen LogP contribution in [0.2, 0.25) is 0 Å². The van der Waals surface area contributed by atoms with Crippen LogP contribution in [0.25, 0.3) is 11.0 Å². The van der Waals surface area contributed by atoms with Gasteiger partial charge in [-0.05, 0) is 69.3 Å². The highest BCUT2D eigenvalue weighted by molar-refractivity contribution is 5.75. The smallest absolute Gasteiger partial charge is 0.306 e. The number of aromatic nitrogens is 2. The van der Waals surface area contributed by atoms with E-state index < -0.39 is 0 Å². The highest BCUT2D eigenvalue weighted by Gasteiger charge is 2.23. The average Bonchev–Trinajstić information content (AvgIpc) is 3.19. The van der Waals surface area contributed by atoms with Crippen LogP contribution in [0.5, 0.6) is 0 Å².